The lowest BCUT2D eigenvalue weighted by Gasteiger charge is -2.39. The third-order valence-corrected chi connectivity index (χ3v) is 9.28. The SMILES string of the molecule is Cc1nnc2ccc3c(cc(-c4ccn(C5CN(S(=O)(=O)N(C)C)C5)n4)n3Cc3cccc(Cl)c3)n12.O=C(O)C(F)(F)F.O=C(O)C(F)(F)F. The lowest BCUT2D eigenvalue weighted by Crippen LogP contribution is -2.54. The zero-order chi connectivity index (χ0) is 37.3. The summed E-state index contributed by atoms with van der Waals surface area (Å²) in [6.07, 6.45) is -8.25. The molecule has 0 atom stereocenters. The molecule has 1 aromatic carbocycles. The van der Waals surface area contributed by atoms with Crippen molar-refractivity contribution in [2.45, 2.75) is 31.9 Å². The van der Waals surface area contributed by atoms with Gasteiger partial charge in [0, 0.05) is 44.9 Å². The molecule has 1 saturated heterocycles. The highest BCUT2D eigenvalue weighted by molar-refractivity contribution is 7.86. The second-order valence-corrected chi connectivity index (χ2v) is 13.4. The van der Waals surface area contributed by atoms with E-state index >= 15 is 0 Å². The number of halogens is 7. The van der Waals surface area contributed by atoms with Gasteiger partial charge in [-0.2, -0.15) is 48.5 Å². The summed E-state index contributed by atoms with van der Waals surface area (Å²) >= 11 is 6.27. The van der Waals surface area contributed by atoms with Crippen molar-refractivity contribution < 1.29 is 54.6 Å². The summed E-state index contributed by atoms with van der Waals surface area (Å²) in [5.74, 6) is -4.70. The van der Waals surface area contributed by atoms with E-state index in [1.807, 2.05) is 52.5 Å². The molecule has 0 radical (unpaired) electrons. The fourth-order valence-electron chi connectivity index (χ4n) is 4.72. The van der Waals surface area contributed by atoms with Crippen molar-refractivity contribution in [3.05, 3.63) is 71.1 Å². The molecule has 4 aromatic heterocycles. The van der Waals surface area contributed by atoms with E-state index in [4.69, 9.17) is 36.5 Å². The number of alkyl halides is 6. The number of fused-ring (bicyclic) bond motifs is 3. The van der Waals surface area contributed by atoms with Crippen molar-refractivity contribution in [1.82, 2.24) is 37.6 Å². The minimum atomic E-state index is -5.08. The van der Waals surface area contributed by atoms with Crippen LogP contribution in [0.25, 0.3) is 28.1 Å². The number of aryl methyl sites for hydroxylation is 1. The maximum absolute atomic E-state index is 12.4. The Labute approximate surface area is 283 Å². The minimum Gasteiger partial charge on any atom is -0.475 e. The van der Waals surface area contributed by atoms with Crippen LogP contribution in [-0.2, 0) is 26.3 Å². The molecule has 1 aliphatic heterocycles. The fourth-order valence-corrected chi connectivity index (χ4v) is 6.12. The Balaban J connectivity index is 0.000000340. The molecule has 1 fully saturated rings. The maximum Gasteiger partial charge on any atom is 0.490 e. The first-order chi connectivity index (χ1) is 23.1. The zero-order valence-corrected chi connectivity index (χ0v) is 27.6. The smallest absolute Gasteiger partial charge is 0.475 e. The monoisotopic (exact) mass is 752 g/mol. The number of aliphatic carboxylic acids is 2. The lowest BCUT2D eigenvalue weighted by atomic mass is 10.2. The van der Waals surface area contributed by atoms with E-state index < -0.39 is 34.5 Å². The van der Waals surface area contributed by atoms with Gasteiger partial charge in [0.15, 0.2) is 5.65 Å². The van der Waals surface area contributed by atoms with Gasteiger partial charge in [-0.1, -0.05) is 23.7 Å². The van der Waals surface area contributed by atoms with Crippen molar-refractivity contribution in [3.8, 4) is 11.4 Å². The number of carboxylic acid groups (broad SMARTS) is 2. The molecule has 1 aliphatic rings. The van der Waals surface area contributed by atoms with Gasteiger partial charge in [0.1, 0.15) is 11.5 Å². The normalized spacial score (nSPS) is 14.2. The number of hydrogen-bond donors (Lipinski definition) is 2. The lowest BCUT2D eigenvalue weighted by molar-refractivity contribution is -0.193. The van der Waals surface area contributed by atoms with E-state index in [1.54, 1.807) is 14.1 Å². The number of hydrogen-bond acceptors (Lipinski definition) is 7. The average molecular weight is 753 g/mol. The largest absolute Gasteiger partial charge is 0.490 e. The third-order valence-electron chi connectivity index (χ3n) is 7.17. The number of nitrogens with zero attached hydrogens (tertiary/aromatic N) is 8. The van der Waals surface area contributed by atoms with Crippen LogP contribution in [-0.4, -0.2) is 108 Å². The van der Waals surface area contributed by atoms with E-state index in [0.29, 0.717) is 24.7 Å². The molecule has 22 heteroatoms. The Morgan fingerprint density at radius 1 is 0.940 bits per heavy atom. The second kappa shape index (κ2) is 14.2. The average Bonchev–Trinajstić information content (AvgIpc) is 3.69. The summed E-state index contributed by atoms with van der Waals surface area (Å²) in [5.41, 5.74) is 5.64. The van der Waals surface area contributed by atoms with Crippen LogP contribution in [0.2, 0.25) is 5.02 Å². The van der Waals surface area contributed by atoms with Gasteiger partial charge in [0.2, 0.25) is 0 Å². The van der Waals surface area contributed by atoms with Gasteiger partial charge in [-0.3, -0.25) is 9.08 Å². The van der Waals surface area contributed by atoms with Gasteiger partial charge < -0.3 is 14.8 Å². The standard InChI is InChI=1S/C24H25ClN8O2S.2C2HF3O2/c1-16-26-27-24-8-7-21-23(33(16)24)12-22(31(21)13-17-5-4-6-18(25)11-17)20-9-10-32(28-20)19-14-30(15-19)36(34,35)29(2)3;2*3-2(4,5)1(6)7/h4-12,19H,13-15H2,1-3H3;2*(H,6,7). The number of carbonyl (C=O) groups is 2. The summed E-state index contributed by atoms with van der Waals surface area (Å²) < 4.78 is 97.0. The molecule has 0 amide bonds. The molecule has 2 N–H and O–H groups in total. The summed E-state index contributed by atoms with van der Waals surface area (Å²) in [6, 6.07) is 15.9. The number of aromatic nitrogens is 6. The molecule has 0 saturated carbocycles. The molecular formula is C28H27ClF6N8O6S. The molecule has 6 rings (SSSR count). The van der Waals surface area contributed by atoms with Crippen molar-refractivity contribution in [2.24, 2.45) is 0 Å². The van der Waals surface area contributed by atoms with E-state index in [1.165, 1.54) is 8.61 Å². The first-order valence-corrected chi connectivity index (χ1v) is 15.8. The molecular weight excluding hydrogens is 726 g/mol. The number of benzene rings is 1. The van der Waals surface area contributed by atoms with Crippen LogP contribution in [0.3, 0.4) is 0 Å². The van der Waals surface area contributed by atoms with Gasteiger partial charge in [-0.25, -0.2) is 9.59 Å². The highest BCUT2D eigenvalue weighted by Gasteiger charge is 2.39. The highest BCUT2D eigenvalue weighted by atomic mass is 35.5. The molecule has 50 heavy (non-hydrogen) atoms. The van der Waals surface area contributed by atoms with Crippen LogP contribution < -0.4 is 0 Å². The molecule has 0 bridgehead atoms. The summed E-state index contributed by atoms with van der Waals surface area (Å²) in [6.45, 7) is 3.34. The zero-order valence-electron chi connectivity index (χ0n) is 26.1. The third kappa shape index (κ3) is 8.34. The molecule has 0 spiro atoms. The summed E-state index contributed by atoms with van der Waals surface area (Å²) in [5, 5.41) is 28.3. The van der Waals surface area contributed by atoms with Gasteiger partial charge in [-0.15, -0.1) is 10.2 Å². The maximum atomic E-state index is 12.4. The summed E-state index contributed by atoms with van der Waals surface area (Å²) in [7, 11) is -0.325. The molecule has 0 aliphatic carbocycles. The van der Waals surface area contributed by atoms with Gasteiger partial charge >= 0.3 is 24.3 Å². The van der Waals surface area contributed by atoms with Crippen molar-refractivity contribution in [3.63, 3.8) is 0 Å². The van der Waals surface area contributed by atoms with Crippen molar-refractivity contribution >= 4 is 50.4 Å². The van der Waals surface area contributed by atoms with E-state index in [-0.39, 0.29) is 6.04 Å². The molecule has 14 nitrogen and oxygen atoms in total. The Morgan fingerprint density at radius 3 is 2.08 bits per heavy atom. The molecule has 5 heterocycles. The van der Waals surface area contributed by atoms with Gasteiger partial charge in [-0.05, 0) is 48.9 Å². The second-order valence-electron chi connectivity index (χ2n) is 10.8. The van der Waals surface area contributed by atoms with Crippen LogP contribution in [0.1, 0.15) is 17.4 Å². The minimum absolute atomic E-state index is 0.00830. The Morgan fingerprint density at radius 2 is 1.54 bits per heavy atom. The van der Waals surface area contributed by atoms with Gasteiger partial charge in [0.05, 0.1) is 22.8 Å². The quantitative estimate of drug-likeness (QED) is 0.238. The fraction of sp³-hybridized carbons (Fsp3) is 0.321. The Hall–Kier alpha value is -4.73. The number of rotatable bonds is 6. The Kier molecular flexibility index (Phi) is 10.9. The van der Waals surface area contributed by atoms with Crippen LogP contribution in [0, 0.1) is 6.92 Å². The van der Waals surface area contributed by atoms with Crippen molar-refractivity contribution in [1.29, 1.82) is 0 Å². The predicted octanol–water partition coefficient (Wildman–Crippen LogP) is 4.49. The first kappa shape index (κ1) is 38.1. The number of pyridine rings is 1. The van der Waals surface area contributed by atoms with Crippen molar-refractivity contribution in [2.75, 3.05) is 27.2 Å². The number of carboxylic acids is 2. The van der Waals surface area contributed by atoms with Crippen LogP contribution in [0.4, 0.5) is 26.3 Å². The topological polar surface area (TPSA) is 168 Å². The summed E-state index contributed by atoms with van der Waals surface area (Å²) in [4.78, 5) is 17.8. The van der Waals surface area contributed by atoms with Gasteiger partial charge in [0.25, 0.3) is 10.2 Å². The van der Waals surface area contributed by atoms with Crippen LogP contribution in [0.15, 0.2) is 54.7 Å². The first-order valence-electron chi connectivity index (χ1n) is 14.0. The van der Waals surface area contributed by atoms with E-state index in [0.717, 1.165) is 39.5 Å². The predicted molar refractivity (Wildman–Crippen MR) is 166 cm³/mol. The molecule has 0 unspecified atom stereocenters. The molecule has 5 aromatic rings. The van der Waals surface area contributed by atoms with E-state index in [9.17, 15) is 34.8 Å². The van der Waals surface area contributed by atoms with Crippen LogP contribution >= 0.6 is 11.6 Å². The Bertz CT molecular complexity index is 2120. The van der Waals surface area contributed by atoms with E-state index in [2.05, 4.69) is 33.0 Å². The van der Waals surface area contributed by atoms with Crippen LogP contribution in [0.5, 0.6) is 0 Å². The highest BCUT2D eigenvalue weighted by Crippen LogP contribution is 2.32. The molecule has 270 valence electrons.